The lowest BCUT2D eigenvalue weighted by Gasteiger charge is -2.27. The van der Waals surface area contributed by atoms with Gasteiger partial charge in [0.05, 0.1) is 18.0 Å². The molecule has 31 heavy (non-hydrogen) atoms. The van der Waals surface area contributed by atoms with Crippen molar-refractivity contribution in [1.82, 2.24) is 19.8 Å². The van der Waals surface area contributed by atoms with Gasteiger partial charge in [-0.3, -0.25) is 9.69 Å². The number of fused-ring (bicyclic) bond motifs is 3. The average molecular weight is 447 g/mol. The third-order valence-corrected chi connectivity index (χ3v) is 7.60. The molecule has 7 nitrogen and oxygen atoms in total. The number of thiophene rings is 1. The number of nitrogens with one attached hydrogen (secondary N) is 1. The van der Waals surface area contributed by atoms with Gasteiger partial charge in [0.15, 0.2) is 0 Å². The largest absolute Gasteiger partial charge is 0.449 e. The molecule has 1 aliphatic carbocycles. The van der Waals surface area contributed by atoms with E-state index in [1.807, 2.05) is 13.8 Å². The van der Waals surface area contributed by atoms with Crippen LogP contribution in [0.25, 0.3) is 10.2 Å². The van der Waals surface area contributed by atoms with E-state index in [1.165, 1.54) is 10.4 Å². The topological polar surface area (TPSA) is 78.5 Å². The van der Waals surface area contributed by atoms with Gasteiger partial charge >= 0.3 is 6.09 Å². The Bertz CT molecular complexity index is 999. The summed E-state index contributed by atoms with van der Waals surface area (Å²) in [5.74, 6) is 1.72. The molecule has 0 spiro atoms. The number of hydrogen-bond donors (Lipinski definition) is 1. The number of hydrogen-bond acceptors (Lipinski definition) is 6. The standard InChI is InChI=1S/C23H34N4O3S/c1-14(2)13-30-23(29)27-9-5-8-26(10-11-27)16(4)20-24-21(28)19-17-7-6-15(3)12-18(17)31-22(19)25-20/h14-16H,5-13H2,1-4H3,(H,24,25,28). The Labute approximate surface area is 187 Å². The first-order valence-corrected chi connectivity index (χ1v) is 12.3. The van der Waals surface area contributed by atoms with Crippen molar-refractivity contribution in [1.29, 1.82) is 0 Å². The molecule has 1 fully saturated rings. The van der Waals surface area contributed by atoms with Gasteiger partial charge < -0.3 is 14.6 Å². The summed E-state index contributed by atoms with van der Waals surface area (Å²) in [4.78, 5) is 39.6. The molecule has 2 atom stereocenters. The highest BCUT2D eigenvalue weighted by Crippen LogP contribution is 2.36. The van der Waals surface area contributed by atoms with E-state index in [0.29, 0.717) is 31.5 Å². The van der Waals surface area contributed by atoms with Gasteiger partial charge in [0, 0.05) is 31.1 Å². The number of carbonyl (C=O) groups is 1. The maximum atomic E-state index is 13.0. The molecule has 0 bridgehead atoms. The van der Waals surface area contributed by atoms with Crippen LogP contribution in [0, 0.1) is 11.8 Å². The van der Waals surface area contributed by atoms with Gasteiger partial charge in [-0.1, -0.05) is 20.8 Å². The molecule has 2 aromatic heterocycles. The van der Waals surface area contributed by atoms with Crippen molar-refractivity contribution in [3.05, 3.63) is 26.6 Å². The molecule has 1 N–H and O–H groups in total. The molecule has 0 radical (unpaired) electrons. The summed E-state index contributed by atoms with van der Waals surface area (Å²) in [6.45, 7) is 11.8. The summed E-state index contributed by atoms with van der Waals surface area (Å²) in [7, 11) is 0. The highest BCUT2D eigenvalue weighted by atomic mass is 32.1. The average Bonchev–Trinajstić information content (AvgIpc) is 2.91. The smallest absolute Gasteiger partial charge is 0.409 e. The molecule has 2 aliphatic rings. The number of amides is 1. The molecule has 8 heteroatoms. The van der Waals surface area contributed by atoms with Crippen LogP contribution in [0.1, 0.15) is 62.8 Å². The Hall–Kier alpha value is -1.93. The van der Waals surface area contributed by atoms with E-state index in [2.05, 4.69) is 23.7 Å². The monoisotopic (exact) mass is 446 g/mol. The van der Waals surface area contributed by atoms with Crippen molar-refractivity contribution in [2.45, 2.75) is 59.4 Å². The van der Waals surface area contributed by atoms with Crippen molar-refractivity contribution in [3.63, 3.8) is 0 Å². The lowest BCUT2D eigenvalue weighted by atomic mass is 9.89. The molecule has 3 heterocycles. The third-order valence-electron chi connectivity index (χ3n) is 6.46. The number of nitrogens with zero attached hydrogens (tertiary/aromatic N) is 3. The maximum absolute atomic E-state index is 13.0. The molecule has 1 saturated heterocycles. The lowest BCUT2D eigenvalue weighted by Crippen LogP contribution is -2.37. The van der Waals surface area contributed by atoms with E-state index in [0.717, 1.165) is 54.8 Å². The lowest BCUT2D eigenvalue weighted by molar-refractivity contribution is 0.0923. The van der Waals surface area contributed by atoms with E-state index >= 15 is 0 Å². The number of aromatic amines is 1. The second-order valence-electron chi connectivity index (χ2n) is 9.51. The minimum atomic E-state index is -0.227. The zero-order valence-electron chi connectivity index (χ0n) is 19.1. The summed E-state index contributed by atoms with van der Waals surface area (Å²) in [6, 6.07) is -0.0122. The van der Waals surface area contributed by atoms with Crippen LogP contribution in [0.5, 0.6) is 0 Å². The molecule has 170 valence electrons. The van der Waals surface area contributed by atoms with Crippen LogP contribution in [0.3, 0.4) is 0 Å². The zero-order chi connectivity index (χ0) is 22.1. The van der Waals surface area contributed by atoms with Crippen LogP contribution in [0.4, 0.5) is 4.79 Å². The van der Waals surface area contributed by atoms with Crippen LogP contribution in [-0.4, -0.2) is 58.6 Å². The van der Waals surface area contributed by atoms with Crippen LogP contribution in [0.2, 0.25) is 0 Å². The highest BCUT2D eigenvalue weighted by molar-refractivity contribution is 7.18. The fourth-order valence-electron chi connectivity index (χ4n) is 4.57. The minimum absolute atomic E-state index is 0.00684. The van der Waals surface area contributed by atoms with Crippen molar-refractivity contribution in [2.24, 2.45) is 11.8 Å². The van der Waals surface area contributed by atoms with E-state index in [-0.39, 0.29) is 17.7 Å². The number of rotatable bonds is 4. The van der Waals surface area contributed by atoms with Gasteiger partial charge in [-0.05, 0) is 50.0 Å². The first-order chi connectivity index (χ1) is 14.8. The summed E-state index contributed by atoms with van der Waals surface area (Å²) in [6.07, 6.45) is 3.81. The number of aromatic nitrogens is 2. The summed E-state index contributed by atoms with van der Waals surface area (Å²) in [5, 5.41) is 0.804. The normalized spacial score (nSPS) is 21.2. The van der Waals surface area contributed by atoms with Gasteiger partial charge in [0.25, 0.3) is 5.56 Å². The van der Waals surface area contributed by atoms with E-state index < -0.39 is 0 Å². The van der Waals surface area contributed by atoms with Crippen molar-refractivity contribution >= 4 is 27.6 Å². The first-order valence-electron chi connectivity index (χ1n) is 11.5. The maximum Gasteiger partial charge on any atom is 0.409 e. The Morgan fingerprint density at radius 2 is 2.06 bits per heavy atom. The molecule has 1 amide bonds. The fraction of sp³-hybridized carbons (Fsp3) is 0.696. The second-order valence-corrected chi connectivity index (χ2v) is 10.6. The van der Waals surface area contributed by atoms with E-state index in [9.17, 15) is 9.59 Å². The summed E-state index contributed by atoms with van der Waals surface area (Å²) in [5.41, 5.74) is 1.21. The molecule has 0 saturated carbocycles. The van der Waals surface area contributed by atoms with Gasteiger partial charge in [0.2, 0.25) is 0 Å². The van der Waals surface area contributed by atoms with Crippen molar-refractivity contribution in [3.8, 4) is 0 Å². The number of carbonyl (C=O) groups excluding carboxylic acids is 1. The van der Waals surface area contributed by atoms with Gasteiger partial charge in [0.1, 0.15) is 10.7 Å². The molecular weight excluding hydrogens is 412 g/mol. The highest BCUT2D eigenvalue weighted by Gasteiger charge is 2.27. The van der Waals surface area contributed by atoms with Crippen LogP contribution in [0.15, 0.2) is 4.79 Å². The predicted octanol–water partition coefficient (Wildman–Crippen LogP) is 3.97. The number of ether oxygens (including phenoxy) is 1. The van der Waals surface area contributed by atoms with Gasteiger partial charge in [-0.25, -0.2) is 9.78 Å². The molecule has 2 aromatic rings. The quantitative estimate of drug-likeness (QED) is 0.769. The molecule has 0 aromatic carbocycles. The van der Waals surface area contributed by atoms with Gasteiger partial charge in [-0.2, -0.15) is 0 Å². The van der Waals surface area contributed by atoms with E-state index in [1.54, 1.807) is 16.2 Å². The van der Waals surface area contributed by atoms with E-state index in [4.69, 9.17) is 9.72 Å². The Kier molecular flexibility index (Phi) is 6.67. The Morgan fingerprint density at radius 1 is 1.26 bits per heavy atom. The van der Waals surface area contributed by atoms with Crippen molar-refractivity contribution in [2.75, 3.05) is 32.8 Å². The number of H-pyrrole nitrogens is 1. The van der Waals surface area contributed by atoms with Crippen LogP contribution in [-0.2, 0) is 17.6 Å². The summed E-state index contributed by atoms with van der Waals surface area (Å²) >= 11 is 1.69. The van der Waals surface area contributed by atoms with Gasteiger partial charge in [-0.15, -0.1) is 11.3 Å². The molecule has 1 aliphatic heterocycles. The first kappa shape index (κ1) is 22.3. The minimum Gasteiger partial charge on any atom is -0.449 e. The number of aryl methyl sites for hydroxylation is 1. The van der Waals surface area contributed by atoms with Crippen molar-refractivity contribution < 1.29 is 9.53 Å². The summed E-state index contributed by atoms with van der Waals surface area (Å²) < 4.78 is 5.40. The Morgan fingerprint density at radius 3 is 2.84 bits per heavy atom. The molecule has 2 unspecified atom stereocenters. The molecule has 4 rings (SSSR count). The Balaban J connectivity index is 1.48. The SMILES string of the molecule is CC(C)COC(=O)N1CCCN(C(C)c2nc3sc4c(c3c(=O)[nH]2)CCC(C)C4)CC1. The predicted molar refractivity (Wildman–Crippen MR) is 124 cm³/mol. The molecular formula is C23H34N4O3S. The van der Waals surface area contributed by atoms with Crippen LogP contribution >= 0.6 is 11.3 Å². The zero-order valence-corrected chi connectivity index (χ0v) is 19.9. The van der Waals surface area contributed by atoms with Crippen LogP contribution < -0.4 is 5.56 Å². The third kappa shape index (κ3) is 4.80. The second kappa shape index (κ2) is 9.28. The fourth-order valence-corrected chi connectivity index (χ4v) is 5.96.